The Kier molecular flexibility index (Phi) is 7.62. The number of nitrogens with one attached hydrogen (secondary N) is 4. The number of piperidine rings is 2. The zero-order chi connectivity index (χ0) is 23.7. The summed E-state index contributed by atoms with van der Waals surface area (Å²) in [5, 5.41) is 21.7. The Bertz CT molecular complexity index is 758. The number of carbonyl (C=O) groups is 2. The number of hydrazine groups is 1. The average molecular weight is 459 g/mol. The fourth-order valence-electron chi connectivity index (χ4n) is 6.74. The van der Waals surface area contributed by atoms with E-state index in [1.54, 1.807) is 0 Å². The molecule has 0 radical (unpaired) electrons. The first-order chi connectivity index (χ1) is 15.8. The minimum absolute atomic E-state index is 0.0605. The molecule has 2 amide bonds. The van der Waals surface area contributed by atoms with E-state index < -0.39 is 0 Å². The molecule has 3 heterocycles. The van der Waals surface area contributed by atoms with E-state index in [1.807, 2.05) is 6.92 Å². The molecule has 4 fully saturated rings. The molecule has 33 heavy (non-hydrogen) atoms. The van der Waals surface area contributed by atoms with Crippen LogP contribution in [0.3, 0.4) is 0 Å². The lowest BCUT2D eigenvalue weighted by atomic mass is 9.72. The van der Waals surface area contributed by atoms with Crippen LogP contribution in [-0.2, 0) is 9.59 Å². The summed E-state index contributed by atoms with van der Waals surface area (Å²) in [6.45, 7) is 9.71. The predicted molar refractivity (Wildman–Crippen MR) is 126 cm³/mol. The molecule has 0 bridgehead atoms. The SMILES string of the molecule is CC1CC(C)C(CNC(=O)C2CC(C3CCC(C#N)CC3)NC3C2CNN3C(C)C)C(=O)N1. The van der Waals surface area contributed by atoms with Crippen molar-refractivity contribution < 1.29 is 9.59 Å². The lowest BCUT2D eigenvalue weighted by Crippen LogP contribution is -2.62. The standard InChI is InChI=1S/C25H42N6O2/c1-14(2)31-23-21(13-28-31)19(10-22(30-23)18-7-5-17(11-26)6-8-18)24(32)27-12-20-15(3)9-16(4)29-25(20)33/h14-23,28,30H,5-10,12-13H2,1-4H3,(H,27,32)(H,29,33). The largest absolute Gasteiger partial charge is 0.355 e. The van der Waals surface area contributed by atoms with Crippen molar-refractivity contribution in [2.24, 2.45) is 35.5 Å². The molecule has 1 aliphatic carbocycles. The lowest BCUT2D eigenvalue weighted by molar-refractivity contribution is -0.132. The molecule has 3 saturated heterocycles. The fourth-order valence-corrected chi connectivity index (χ4v) is 6.74. The van der Waals surface area contributed by atoms with Crippen LogP contribution in [0.1, 0.15) is 66.2 Å². The molecule has 1 saturated carbocycles. The highest BCUT2D eigenvalue weighted by Gasteiger charge is 2.49. The number of carbonyl (C=O) groups excluding carboxylic acids is 2. The van der Waals surface area contributed by atoms with Gasteiger partial charge in [-0.1, -0.05) is 6.92 Å². The van der Waals surface area contributed by atoms with Gasteiger partial charge in [0.2, 0.25) is 11.8 Å². The van der Waals surface area contributed by atoms with Gasteiger partial charge < -0.3 is 10.6 Å². The topological polar surface area (TPSA) is 109 Å². The molecule has 0 aromatic carbocycles. The molecular weight excluding hydrogens is 416 g/mol. The van der Waals surface area contributed by atoms with Gasteiger partial charge in [0.1, 0.15) is 0 Å². The highest BCUT2D eigenvalue weighted by molar-refractivity contribution is 5.83. The summed E-state index contributed by atoms with van der Waals surface area (Å²) >= 11 is 0. The van der Waals surface area contributed by atoms with Crippen molar-refractivity contribution in [2.45, 2.75) is 90.5 Å². The van der Waals surface area contributed by atoms with Crippen molar-refractivity contribution in [1.29, 1.82) is 5.26 Å². The van der Waals surface area contributed by atoms with Gasteiger partial charge >= 0.3 is 0 Å². The van der Waals surface area contributed by atoms with E-state index >= 15 is 0 Å². The van der Waals surface area contributed by atoms with Crippen molar-refractivity contribution in [3.63, 3.8) is 0 Å². The van der Waals surface area contributed by atoms with Crippen LogP contribution in [0.25, 0.3) is 0 Å². The molecule has 4 N–H and O–H groups in total. The molecule has 7 unspecified atom stereocenters. The summed E-state index contributed by atoms with van der Waals surface area (Å²) in [5.41, 5.74) is 3.53. The second-order valence-corrected chi connectivity index (χ2v) is 11.3. The van der Waals surface area contributed by atoms with E-state index in [4.69, 9.17) is 0 Å². The molecule has 0 spiro atoms. The van der Waals surface area contributed by atoms with Crippen molar-refractivity contribution in [3.05, 3.63) is 0 Å². The third-order valence-corrected chi connectivity index (χ3v) is 8.67. The summed E-state index contributed by atoms with van der Waals surface area (Å²) in [4.78, 5) is 26.0. The first-order valence-electron chi connectivity index (χ1n) is 13.0. The molecule has 8 heteroatoms. The summed E-state index contributed by atoms with van der Waals surface area (Å²) < 4.78 is 0. The number of nitrogens with zero attached hydrogens (tertiary/aromatic N) is 2. The van der Waals surface area contributed by atoms with Crippen LogP contribution < -0.4 is 21.4 Å². The lowest BCUT2D eigenvalue weighted by Gasteiger charge is -2.45. The predicted octanol–water partition coefficient (Wildman–Crippen LogP) is 1.74. The van der Waals surface area contributed by atoms with Crippen LogP contribution in [-0.4, -0.2) is 54.2 Å². The molecule has 7 atom stereocenters. The van der Waals surface area contributed by atoms with E-state index in [2.05, 4.69) is 53.2 Å². The number of hydrogen-bond acceptors (Lipinski definition) is 6. The van der Waals surface area contributed by atoms with Gasteiger partial charge in [-0.2, -0.15) is 5.26 Å². The summed E-state index contributed by atoms with van der Waals surface area (Å²) in [6, 6.07) is 3.25. The summed E-state index contributed by atoms with van der Waals surface area (Å²) in [5.74, 6) is 1.08. The van der Waals surface area contributed by atoms with Crippen LogP contribution in [0.15, 0.2) is 0 Å². The summed E-state index contributed by atoms with van der Waals surface area (Å²) in [6.07, 6.45) is 5.93. The number of nitriles is 1. The van der Waals surface area contributed by atoms with Gasteiger partial charge in [-0.3, -0.25) is 20.3 Å². The smallest absolute Gasteiger partial charge is 0.225 e. The van der Waals surface area contributed by atoms with Gasteiger partial charge in [0, 0.05) is 49.0 Å². The Labute approximate surface area is 198 Å². The molecule has 184 valence electrons. The first-order valence-corrected chi connectivity index (χ1v) is 13.0. The quantitative estimate of drug-likeness (QED) is 0.500. The molecule has 0 aromatic rings. The van der Waals surface area contributed by atoms with E-state index in [0.717, 1.165) is 45.1 Å². The monoisotopic (exact) mass is 458 g/mol. The molecular formula is C25H42N6O2. The third-order valence-electron chi connectivity index (χ3n) is 8.67. The van der Waals surface area contributed by atoms with Crippen molar-refractivity contribution in [3.8, 4) is 6.07 Å². The van der Waals surface area contributed by atoms with Crippen LogP contribution in [0, 0.1) is 46.8 Å². The maximum Gasteiger partial charge on any atom is 0.225 e. The maximum absolute atomic E-state index is 13.5. The van der Waals surface area contributed by atoms with Crippen LogP contribution in [0.2, 0.25) is 0 Å². The molecule has 4 rings (SSSR count). The zero-order valence-corrected chi connectivity index (χ0v) is 20.6. The molecule has 4 aliphatic rings. The normalized spacial score (nSPS) is 41.8. The van der Waals surface area contributed by atoms with Gasteiger partial charge in [0.05, 0.1) is 18.2 Å². The van der Waals surface area contributed by atoms with Crippen LogP contribution >= 0.6 is 0 Å². The zero-order valence-electron chi connectivity index (χ0n) is 20.6. The van der Waals surface area contributed by atoms with Crippen LogP contribution in [0.4, 0.5) is 0 Å². The van der Waals surface area contributed by atoms with Gasteiger partial charge in [-0.15, -0.1) is 0 Å². The Morgan fingerprint density at radius 2 is 1.94 bits per heavy atom. The highest BCUT2D eigenvalue weighted by atomic mass is 16.2. The Hall–Kier alpha value is -1.69. The average Bonchev–Trinajstić information content (AvgIpc) is 3.22. The van der Waals surface area contributed by atoms with Crippen molar-refractivity contribution >= 4 is 11.8 Å². The highest BCUT2D eigenvalue weighted by Crippen LogP contribution is 2.39. The summed E-state index contributed by atoms with van der Waals surface area (Å²) in [7, 11) is 0. The fraction of sp³-hybridized carbons (Fsp3) is 0.880. The second-order valence-electron chi connectivity index (χ2n) is 11.3. The third kappa shape index (κ3) is 5.21. The molecule has 0 aromatic heterocycles. The van der Waals surface area contributed by atoms with Gasteiger partial charge in [0.15, 0.2) is 0 Å². The minimum atomic E-state index is -0.159. The van der Waals surface area contributed by atoms with E-state index in [0.29, 0.717) is 18.5 Å². The number of rotatable bonds is 5. The first kappa shape index (κ1) is 24.4. The van der Waals surface area contributed by atoms with E-state index in [9.17, 15) is 14.9 Å². The van der Waals surface area contributed by atoms with Crippen LogP contribution in [0.5, 0.6) is 0 Å². The van der Waals surface area contributed by atoms with E-state index in [-0.39, 0.29) is 59.7 Å². The Balaban J connectivity index is 1.44. The van der Waals surface area contributed by atoms with Gasteiger partial charge in [0.25, 0.3) is 0 Å². The minimum Gasteiger partial charge on any atom is -0.355 e. The number of amides is 2. The van der Waals surface area contributed by atoms with Gasteiger partial charge in [-0.05, 0) is 71.1 Å². The maximum atomic E-state index is 13.5. The number of fused-ring (bicyclic) bond motifs is 1. The Morgan fingerprint density at radius 1 is 1.21 bits per heavy atom. The number of hydrogen-bond donors (Lipinski definition) is 4. The molecule has 8 nitrogen and oxygen atoms in total. The van der Waals surface area contributed by atoms with Crippen molar-refractivity contribution in [1.82, 2.24) is 26.4 Å². The van der Waals surface area contributed by atoms with Gasteiger partial charge in [-0.25, -0.2) is 5.01 Å². The second kappa shape index (κ2) is 10.3. The van der Waals surface area contributed by atoms with E-state index in [1.165, 1.54) is 0 Å². The van der Waals surface area contributed by atoms with Crippen molar-refractivity contribution in [2.75, 3.05) is 13.1 Å². The molecule has 3 aliphatic heterocycles. The Morgan fingerprint density at radius 3 is 2.58 bits per heavy atom.